The second-order valence-electron chi connectivity index (χ2n) is 4.78. The normalized spacial score (nSPS) is 17.5. The largest absolute Gasteiger partial charge is 0.490 e. The molecule has 0 saturated heterocycles. The summed E-state index contributed by atoms with van der Waals surface area (Å²) in [5.74, 6) is 0.317. The smallest absolute Gasteiger partial charge is 0.337 e. The first-order chi connectivity index (χ1) is 10.2. The van der Waals surface area contributed by atoms with Crippen molar-refractivity contribution < 1.29 is 19.0 Å². The Bertz CT molecular complexity index is 519. The number of ether oxygens (including phenoxy) is 3. The van der Waals surface area contributed by atoms with E-state index in [2.05, 4.69) is 6.58 Å². The molecule has 1 aliphatic rings. The number of hydrogen-bond donors (Lipinski definition) is 0. The topological polar surface area (TPSA) is 44.8 Å². The van der Waals surface area contributed by atoms with E-state index in [0.29, 0.717) is 37.4 Å². The van der Waals surface area contributed by atoms with E-state index < -0.39 is 0 Å². The van der Waals surface area contributed by atoms with E-state index in [1.54, 1.807) is 6.08 Å². The van der Waals surface area contributed by atoms with Crippen LogP contribution in [0.2, 0.25) is 0 Å². The summed E-state index contributed by atoms with van der Waals surface area (Å²) in [7, 11) is 1.38. The predicted octanol–water partition coefficient (Wildman–Crippen LogP) is 3.00. The molecule has 2 rings (SSSR count). The van der Waals surface area contributed by atoms with Crippen LogP contribution in [0.25, 0.3) is 0 Å². The molecule has 1 aliphatic heterocycles. The molecule has 1 unspecified atom stereocenters. The van der Waals surface area contributed by atoms with Crippen LogP contribution in [0, 0.1) is 0 Å². The lowest BCUT2D eigenvalue weighted by Gasteiger charge is -2.09. The van der Waals surface area contributed by atoms with Crippen LogP contribution in [-0.2, 0) is 25.6 Å². The molecule has 1 aromatic carbocycles. The molecule has 0 fully saturated rings. The van der Waals surface area contributed by atoms with Gasteiger partial charge in [0.1, 0.15) is 11.9 Å². The summed E-state index contributed by atoms with van der Waals surface area (Å²) >= 11 is 0. The average Bonchev–Trinajstić information content (AvgIpc) is 2.95. The molecule has 1 aromatic rings. The van der Waals surface area contributed by atoms with E-state index >= 15 is 0 Å². The number of carbonyl (C=O) groups is 1. The Hall–Kier alpha value is -2.07. The lowest BCUT2D eigenvalue weighted by atomic mass is 10.1. The lowest BCUT2D eigenvalue weighted by Crippen LogP contribution is -2.06. The van der Waals surface area contributed by atoms with Gasteiger partial charge >= 0.3 is 5.97 Å². The molecule has 0 saturated carbocycles. The molecule has 0 radical (unpaired) electrons. The zero-order valence-corrected chi connectivity index (χ0v) is 12.2. The number of benzene rings is 1. The molecule has 0 aromatic heterocycles. The van der Waals surface area contributed by atoms with Gasteiger partial charge in [-0.3, -0.25) is 0 Å². The standard InChI is InChI=1S/C17H20O4/c1-3-14-11-15(17(18)19-2)16(21-14)9-10-20-12-13-7-5-4-6-8-13/h3-8,14H,1,9-12H2,2H3. The van der Waals surface area contributed by atoms with Gasteiger partial charge in [0.2, 0.25) is 0 Å². The van der Waals surface area contributed by atoms with Crippen molar-refractivity contribution in [1.29, 1.82) is 0 Å². The maximum absolute atomic E-state index is 11.7. The first-order valence-corrected chi connectivity index (χ1v) is 6.95. The van der Waals surface area contributed by atoms with Crippen molar-refractivity contribution in [2.24, 2.45) is 0 Å². The number of hydrogen-bond acceptors (Lipinski definition) is 4. The third-order valence-electron chi connectivity index (χ3n) is 3.32. The van der Waals surface area contributed by atoms with Crippen molar-refractivity contribution in [1.82, 2.24) is 0 Å². The highest BCUT2D eigenvalue weighted by Gasteiger charge is 2.28. The molecule has 1 heterocycles. The summed E-state index contributed by atoms with van der Waals surface area (Å²) in [6.45, 7) is 4.74. The SMILES string of the molecule is C=CC1CC(C(=O)OC)=C(CCOCc2ccccc2)O1. The molecule has 0 bridgehead atoms. The van der Waals surface area contributed by atoms with Crippen LogP contribution in [0.3, 0.4) is 0 Å². The van der Waals surface area contributed by atoms with E-state index in [1.165, 1.54) is 7.11 Å². The summed E-state index contributed by atoms with van der Waals surface area (Å²) in [5, 5.41) is 0. The summed E-state index contributed by atoms with van der Waals surface area (Å²) in [6, 6.07) is 9.95. The van der Waals surface area contributed by atoms with Gasteiger partial charge in [-0.15, -0.1) is 0 Å². The first kappa shape index (κ1) is 15.3. The fourth-order valence-electron chi connectivity index (χ4n) is 2.20. The number of esters is 1. The summed E-state index contributed by atoms with van der Waals surface area (Å²) in [6.07, 6.45) is 2.62. The second-order valence-corrected chi connectivity index (χ2v) is 4.78. The highest BCUT2D eigenvalue weighted by atomic mass is 16.5. The minimum Gasteiger partial charge on any atom is -0.490 e. The Morgan fingerprint density at radius 1 is 1.43 bits per heavy atom. The quantitative estimate of drug-likeness (QED) is 0.439. The molecule has 4 nitrogen and oxygen atoms in total. The third-order valence-corrected chi connectivity index (χ3v) is 3.32. The molecule has 0 aliphatic carbocycles. The van der Waals surface area contributed by atoms with Crippen LogP contribution >= 0.6 is 0 Å². The van der Waals surface area contributed by atoms with Gasteiger partial charge in [-0.25, -0.2) is 4.79 Å². The van der Waals surface area contributed by atoms with Crippen LogP contribution in [0.1, 0.15) is 18.4 Å². The molecule has 1 atom stereocenters. The van der Waals surface area contributed by atoms with Crippen molar-refractivity contribution >= 4 is 5.97 Å². The van der Waals surface area contributed by atoms with Crippen LogP contribution in [0.4, 0.5) is 0 Å². The minimum atomic E-state index is -0.336. The minimum absolute atomic E-state index is 0.150. The van der Waals surface area contributed by atoms with Crippen molar-refractivity contribution in [2.45, 2.75) is 25.6 Å². The summed E-state index contributed by atoms with van der Waals surface area (Å²) in [5.41, 5.74) is 1.71. The lowest BCUT2D eigenvalue weighted by molar-refractivity contribution is -0.136. The van der Waals surface area contributed by atoms with Gasteiger partial charge in [-0.1, -0.05) is 43.0 Å². The van der Waals surface area contributed by atoms with E-state index in [1.807, 2.05) is 30.3 Å². The van der Waals surface area contributed by atoms with E-state index in [9.17, 15) is 4.79 Å². The molecular weight excluding hydrogens is 268 g/mol. The highest BCUT2D eigenvalue weighted by molar-refractivity contribution is 5.89. The van der Waals surface area contributed by atoms with Gasteiger partial charge in [-0.05, 0) is 5.56 Å². The Morgan fingerprint density at radius 3 is 2.86 bits per heavy atom. The van der Waals surface area contributed by atoms with Crippen LogP contribution in [0.5, 0.6) is 0 Å². The molecule has 0 amide bonds. The monoisotopic (exact) mass is 288 g/mol. The van der Waals surface area contributed by atoms with Crippen LogP contribution in [0.15, 0.2) is 54.3 Å². The van der Waals surface area contributed by atoms with Crippen molar-refractivity contribution in [2.75, 3.05) is 13.7 Å². The van der Waals surface area contributed by atoms with Crippen molar-refractivity contribution in [3.05, 3.63) is 59.9 Å². The zero-order chi connectivity index (χ0) is 15.1. The Morgan fingerprint density at radius 2 is 2.19 bits per heavy atom. The molecule has 0 N–H and O–H groups in total. The third kappa shape index (κ3) is 4.20. The van der Waals surface area contributed by atoms with Crippen molar-refractivity contribution in [3.8, 4) is 0 Å². The van der Waals surface area contributed by atoms with Crippen molar-refractivity contribution in [3.63, 3.8) is 0 Å². The fourth-order valence-corrected chi connectivity index (χ4v) is 2.20. The predicted molar refractivity (Wildman–Crippen MR) is 79.4 cm³/mol. The number of rotatable bonds is 7. The fraction of sp³-hybridized carbons (Fsp3) is 0.353. The molecule has 112 valence electrons. The van der Waals surface area contributed by atoms with Gasteiger partial charge in [0.15, 0.2) is 0 Å². The summed E-state index contributed by atoms with van der Waals surface area (Å²) in [4.78, 5) is 11.7. The first-order valence-electron chi connectivity index (χ1n) is 6.95. The maximum atomic E-state index is 11.7. The van der Waals surface area contributed by atoms with Gasteiger partial charge in [0.25, 0.3) is 0 Å². The Kier molecular flexibility index (Phi) is 5.58. The molecular formula is C17H20O4. The summed E-state index contributed by atoms with van der Waals surface area (Å²) < 4.78 is 16.1. The van der Waals surface area contributed by atoms with E-state index in [0.717, 1.165) is 5.56 Å². The molecule has 0 spiro atoms. The van der Waals surface area contributed by atoms with E-state index in [-0.39, 0.29) is 12.1 Å². The average molecular weight is 288 g/mol. The second kappa shape index (κ2) is 7.64. The van der Waals surface area contributed by atoms with Crippen LogP contribution < -0.4 is 0 Å². The molecule has 4 heteroatoms. The highest BCUT2D eigenvalue weighted by Crippen LogP contribution is 2.28. The van der Waals surface area contributed by atoms with Gasteiger partial charge in [-0.2, -0.15) is 0 Å². The maximum Gasteiger partial charge on any atom is 0.337 e. The van der Waals surface area contributed by atoms with Crippen LogP contribution in [-0.4, -0.2) is 25.8 Å². The molecule has 21 heavy (non-hydrogen) atoms. The Labute approximate surface area is 125 Å². The Balaban J connectivity index is 1.85. The van der Waals surface area contributed by atoms with E-state index in [4.69, 9.17) is 14.2 Å². The van der Waals surface area contributed by atoms with Gasteiger partial charge in [0, 0.05) is 12.8 Å². The zero-order valence-electron chi connectivity index (χ0n) is 12.2. The number of carbonyl (C=O) groups excluding carboxylic acids is 1. The van der Waals surface area contributed by atoms with Gasteiger partial charge < -0.3 is 14.2 Å². The number of methoxy groups -OCH3 is 1. The van der Waals surface area contributed by atoms with Gasteiger partial charge in [0.05, 0.1) is 25.9 Å².